The minimum Gasteiger partial charge on any atom is -0.311 e. The van der Waals surface area contributed by atoms with Crippen molar-refractivity contribution in [2.45, 2.75) is 0 Å². The Balaban J connectivity index is 1.31. The zero-order valence-electron chi connectivity index (χ0n) is 21.6. The van der Waals surface area contributed by atoms with Gasteiger partial charge in [-0.3, -0.25) is 4.98 Å². The smallest absolute Gasteiger partial charge is 0.248 e. The molecule has 2 aliphatic rings. The Bertz CT molecular complexity index is 2340. The number of rotatable bonds is 1. The normalized spacial score (nSPS) is 13.4. The average Bonchev–Trinajstić information content (AvgIpc) is 3.33. The van der Waals surface area contributed by atoms with E-state index in [1.165, 1.54) is 82.3 Å². The van der Waals surface area contributed by atoms with Crippen molar-refractivity contribution in [3.63, 3.8) is 0 Å². The number of nitrogens with zero attached hydrogens (tertiary/aromatic N) is 2. The first-order valence-corrected chi connectivity index (χ1v) is 13.9. The van der Waals surface area contributed by atoms with E-state index < -0.39 is 0 Å². The minimum atomic E-state index is 0.194. The van der Waals surface area contributed by atoms with Crippen LogP contribution in [0.2, 0.25) is 0 Å². The Morgan fingerprint density at radius 3 is 2.17 bits per heavy atom. The third kappa shape index (κ3) is 2.48. The van der Waals surface area contributed by atoms with Crippen LogP contribution in [-0.2, 0) is 0 Å². The van der Waals surface area contributed by atoms with Crippen LogP contribution >= 0.6 is 0 Å². The van der Waals surface area contributed by atoms with Crippen LogP contribution in [0.4, 0.5) is 17.1 Å². The van der Waals surface area contributed by atoms with E-state index in [0.29, 0.717) is 0 Å². The Kier molecular flexibility index (Phi) is 3.78. The Morgan fingerprint density at radius 1 is 0.500 bits per heavy atom. The summed E-state index contributed by atoms with van der Waals surface area (Å²) in [4.78, 5) is 7.23. The molecular formula is C37H21BN2. The summed E-state index contributed by atoms with van der Waals surface area (Å²) in [6, 6.07) is 45.0. The van der Waals surface area contributed by atoms with E-state index in [4.69, 9.17) is 4.98 Å². The summed E-state index contributed by atoms with van der Waals surface area (Å²) in [6.45, 7) is 0.194. The highest BCUT2D eigenvalue weighted by Gasteiger charge is 2.42. The lowest BCUT2D eigenvalue weighted by atomic mass is 9.37. The largest absolute Gasteiger partial charge is 0.311 e. The molecule has 0 N–H and O–H groups in total. The number of pyridine rings is 1. The fraction of sp³-hybridized carbons (Fsp3) is 0. The van der Waals surface area contributed by atoms with Crippen molar-refractivity contribution >= 4 is 83.4 Å². The molecule has 0 atom stereocenters. The van der Waals surface area contributed by atoms with Crippen LogP contribution in [0.5, 0.6) is 0 Å². The van der Waals surface area contributed by atoms with Gasteiger partial charge >= 0.3 is 0 Å². The molecule has 182 valence electrons. The summed E-state index contributed by atoms with van der Waals surface area (Å²) >= 11 is 0. The highest BCUT2D eigenvalue weighted by atomic mass is 15.2. The standard InChI is InChI=1S/C37H21BN2/c1-2-11-33-29(10-1)38-30-21-31-25(8-5-19-39-31)20-28(30)26-9-4-12-34(37(26)38)40(33)32-18-16-24-14-13-22-6-3-7-23-15-17-27(32)36(24)35(22)23/h1-21H. The van der Waals surface area contributed by atoms with Gasteiger partial charge in [0, 0.05) is 28.3 Å². The van der Waals surface area contributed by atoms with Crippen molar-refractivity contribution < 1.29 is 0 Å². The summed E-state index contributed by atoms with van der Waals surface area (Å²) in [6.07, 6.45) is 1.90. The molecule has 0 saturated carbocycles. The van der Waals surface area contributed by atoms with E-state index >= 15 is 0 Å². The molecule has 3 heteroatoms. The molecule has 2 aliphatic heterocycles. The molecule has 1 aromatic heterocycles. The molecule has 3 heterocycles. The topological polar surface area (TPSA) is 16.1 Å². The number of para-hydroxylation sites is 1. The number of fused-ring (bicyclic) bond motifs is 6. The first kappa shape index (κ1) is 20.8. The van der Waals surface area contributed by atoms with Crippen LogP contribution in [-0.4, -0.2) is 11.7 Å². The van der Waals surface area contributed by atoms with Gasteiger partial charge in [0.25, 0.3) is 0 Å². The van der Waals surface area contributed by atoms with Crippen molar-refractivity contribution in [1.29, 1.82) is 0 Å². The second kappa shape index (κ2) is 7.28. The Labute approximate surface area is 231 Å². The summed E-state index contributed by atoms with van der Waals surface area (Å²) in [7, 11) is 0. The van der Waals surface area contributed by atoms with E-state index in [1.54, 1.807) is 0 Å². The van der Waals surface area contributed by atoms with Gasteiger partial charge in [-0.05, 0) is 85.4 Å². The fourth-order valence-corrected chi connectivity index (χ4v) is 7.61. The third-order valence-electron chi connectivity index (χ3n) is 9.22. The van der Waals surface area contributed by atoms with Crippen LogP contribution in [0.3, 0.4) is 0 Å². The maximum absolute atomic E-state index is 4.71. The molecule has 10 rings (SSSR count). The lowest BCUT2D eigenvalue weighted by Crippen LogP contribution is -2.54. The van der Waals surface area contributed by atoms with Gasteiger partial charge in [-0.1, -0.05) is 90.4 Å². The Morgan fingerprint density at radius 2 is 1.25 bits per heavy atom. The van der Waals surface area contributed by atoms with Gasteiger partial charge in [-0.2, -0.15) is 0 Å². The summed E-state index contributed by atoms with van der Waals surface area (Å²) in [5.74, 6) is 0. The van der Waals surface area contributed by atoms with E-state index in [2.05, 4.69) is 120 Å². The zero-order chi connectivity index (χ0) is 25.9. The van der Waals surface area contributed by atoms with Gasteiger partial charge in [0.1, 0.15) is 0 Å². The van der Waals surface area contributed by atoms with Crippen molar-refractivity contribution in [1.82, 2.24) is 4.98 Å². The van der Waals surface area contributed by atoms with E-state index in [1.807, 2.05) is 12.3 Å². The van der Waals surface area contributed by atoms with E-state index in [9.17, 15) is 0 Å². The number of benzene rings is 7. The molecule has 0 bridgehead atoms. The highest BCUT2D eigenvalue weighted by molar-refractivity contribution is 7.01. The third-order valence-corrected chi connectivity index (χ3v) is 9.22. The van der Waals surface area contributed by atoms with Gasteiger partial charge < -0.3 is 4.90 Å². The van der Waals surface area contributed by atoms with Gasteiger partial charge in [0.05, 0.1) is 11.2 Å². The second-order valence-electron chi connectivity index (χ2n) is 11.1. The quantitative estimate of drug-likeness (QED) is 0.171. The van der Waals surface area contributed by atoms with Gasteiger partial charge in [-0.25, -0.2) is 0 Å². The Hall–Kier alpha value is -5.15. The lowest BCUT2D eigenvalue weighted by Gasteiger charge is -2.36. The summed E-state index contributed by atoms with van der Waals surface area (Å²) < 4.78 is 0. The van der Waals surface area contributed by atoms with Crippen LogP contribution in [0.25, 0.3) is 54.3 Å². The fourth-order valence-electron chi connectivity index (χ4n) is 7.61. The molecule has 0 amide bonds. The van der Waals surface area contributed by atoms with Crippen molar-refractivity contribution in [2.75, 3.05) is 4.90 Å². The van der Waals surface area contributed by atoms with E-state index in [0.717, 1.165) is 5.52 Å². The lowest BCUT2D eigenvalue weighted by molar-refractivity contribution is 1.31. The predicted octanol–water partition coefficient (Wildman–Crippen LogP) is 7.41. The van der Waals surface area contributed by atoms with Crippen molar-refractivity contribution in [3.05, 3.63) is 128 Å². The number of aromatic nitrogens is 1. The molecular weight excluding hydrogens is 483 g/mol. The van der Waals surface area contributed by atoms with Gasteiger partial charge in [0.15, 0.2) is 0 Å². The molecule has 7 aromatic carbocycles. The van der Waals surface area contributed by atoms with Gasteiger partial charge in [0.2, 0.25) is 6.71 Å². The SMILES string of the molecule is c1ccc2c(c1)B1c3cc4ncccc4cc3-c3cccc(c31)N2c1ccc2ccc3cccc4ccc1c2c34. The number of hydrogen-bond donors (Lipinski definition) is 0. The van der Waals surface area contributed by atoms with Crippen molar-refractivity contribution in [3.8, 4) is 11.1 Å². The summed E-state index contributed by atoms with van der Waals surface area (Å²) in [5, 5.41) is 9.06. The second-order valence-corrected chi connectivity index (χ2v) is 11.1. The predicted molar refractivity (Wildman–Crippen MR) is 170 cm³/mol. The first-order valence-electron chi connectivity index (χ1n) is 13.9. The molecule has 0 unspecified atom stereocenters. The maximum Gasteiger partial charge on any atom is 0.248 e. The molecule has 0 spiro atoms. The molecule has 0 radical (unpaired) electrons. The monoisotopic (exact) mass is 504 g/mol. The molecule has 0 aliphatic carbocycles. The highest BCUT2D eigenvalue weighted by Crippen LogP contribution is 2.45. The van der Waals surface area contributed by atoms with E-state index in [-0.39, 0.29) is 6.71 Å². The zero-order valence-corrected chi connectivity index (χ0v) is 21.6. The number of anilines is 3. The molecule has 8 aromatic rings. The molecule has 40 heavy (non-hydrogen) atoms. The van der Waals surface area contributed by atoms with Crippen LogP contribution in [0.15, 0.2) is 128 Å². The first-order chi connectivity index (χ1) is 19.8. The van der Waals surface area contributed by atoms with Crippen molar-refractivity contribution in [2.24, 2.45) is 0 Å². The molecule has 2 nitrogen and oxygen atoms in total. The minimum absolute atomic E-state index is 0.194. The maximum atomic E-state index is 4.71. The summed E-state index contributed by atoms with van der Waals surface area (Å²) in [5.41, 5.74) is 11.6. The number of hydrogen-bond acceptors (Lipinski definition) is 2. The molecule has 0 fully saturated rings. The van der Waals surface area contributed by atoms with Crippen LogP contribution in [0, 0.1) is 0 Å². The van der Waals surface area contributed by atoms with Crippen LogP contribution < -0.4 is 21.3 Å². The average molecular weight is 504 g/mol. The van der Waals surface area contributed by atoms with Crippen LogP contribution in [0.1, 0.15) is 0 Å². The van der Waals surface area contributed by atoms with Gasteiger partial charge in [-0.15, -0.1) is 0 Å². The molecule has 0 saturated heterocycles.